The number of pyridine rings is 1. The van der Waals surface area contributed by atoms with Crippen molar-refractivity contribution in [1.82, 2.24) is 9.88 Å². The number of rotatable bonds is 4. The average molecular weight is 335 g/mol. The third-order valence-electron chi connectivity index (χ3n) is 4.72. The lowest BCUT2D eigenvalue weighted by atomic mass is 10.0. The summed E-state index contributed by atoms with van der Waals surface area (Å²) in [7, 11) is 0. The predicted molar refractivity (Wildman–Crippen MR) is 103 cm³/mol. The topological polar surface area (TPSA) is 45.2 Å². The Kier molecular flexibility index (Phi) is 5.29. The van der Waals surface area contributed by atoms with Gasteiger partial charge in [-0.05, 0) is 55.5 Å². The second-order valence-corrected chi connectivity index (χ2v) is 6.70. The summed E-state index contributed by atoms with van der Waals surface area (Å²) >= 11 is 0. The summed E-state index contributed by atoms with van der Waals surface area (Å²) < 4.78 is 0. The molecule has 1 aromatic carbocycles. The molecule has 0 radical (unpaired) electrons. The van der Waals surface area contributed by atoms with Crippen LogP contribution in [0, 0.1) is 20.8 Å². The zero-order valence-electron chi connectivity index (χ0n) is 15.2. The van der Waals surface area contributed by atoms with Gasteiger partial charge >= 0.3 is 0 Å². The summed E-state index contributed by atoms with van der Waals surface area (Å²) in [5, 5.41) is 3.06. The summed E-state index contributed by atoms with van der Waals surface area (Å²) in [6, 6.07) is 10.1. The molecule has 0 atom stereocenters. The molecule has 0 saturated carbocycles. The maximum Gasteiger partial charge on any atom is 0.238 e. The van der Waals surface area contributed by atoms with Crippen molar-refractivity contribution >= 4 is 17.2 Å². The highest BCUT2D eigenvalue weighted by atomic mass is 16.2. The van der Waals surface area contributed by atoms with Crippen LogP contribution in [0.15, 0.2) is 42.6 Å². The first-order valence-electron chi connectivity index (χ1n) is 8.74. The quantitative estimate of drug-likeness (QED) is 0.926. The van der Waals surface area contributed by atoms with E-state index in [2.05, 4.69) is 34.3 Å². The fourth-order valence-electron chi connectivity index (χ4n) is 3.29. The fraction of sp³-hybridized carbons (Fsp3) is 0.333. The van der Waals surface area contributed by atoms with E-state index in [9.17, 15) is 4.79 Å². The minimum absolute atomic E-state index is 0.0447. The van der Waals surface area contributed by atoms with Gasteiger partial charge in [-0.3, -0.25) is 14.7 Å². The number of anilines is 1. The largest absolute Gasteiger partial charge is 0.324 e. The Morgan fingerprint density at radius 1 is 1.12 bits per heavy atom. The van der Waals surface area contributed by atoms with Crippen LogP contribution in [0.25, 0.3) is 5.57 Å². The Morgan fingerprint density at radius 2 is 1.84 bits per heavy atom. The van der Waals surface area contributed by atoms with Crippen molar-refractivity contribution in [3.05, 3.63) is 65.0 Å². The standard InChI is InChI=1S/C21H25N3O/c1-15-6-4-7-16(2)20(15)23-19(25)14-24-12-9-18(10-13-24)21-17(3)8-5-11-22-21/h4-9,11H,10,12-14H2,1-3H3,(H,23,25). The highest BCUT2D eigenvalue weighted by molar-refractivity contribution is 5.93. The molecule has 1 aliphatic rings. The lowest BCUT2D eigenvalue weighted by molar-refractivity contribution is -0.117. The van der Waals surface area contributed by atoms with Gasteiger partial charge in [0.2, 0.25) is 5.91 Å². The van der Waals surface area contributed by atoms with E-state index in [-0.39, 0.29) is 5.91 Å². The first-order valence-corrected chi connectivity index (χ1v) is 8.74. The highest BCUT2D eigenvalue weighted by Crippen LogP contribution is 2.23. The van der Waals surface area contributed by atoms with Gasteiger partial charge < -0.3 is 5.32 Å². The van der Waals surface area contributed by atoms with Gasteiger partial charge in [0.15, 0.2) is 0 Å². The van der Waals surface area contributed by atoms with E-state index >= 15 is 0 Å². The molecule has 2 heterocycles. The molecule has 1 aliphatic heterocycles. The summed E-state index contributed by atoms with van der Waals surface area (Å²) in [4.78, 5) is 19.1. The molecule has 0 aliphatic carbocycles. The Bertz CT molecular complexity index is 790. The molecule has 130 valence electrons. The van der Waals surface area contributed by atoms with E-state index in [0.717, 1.165) is 42.0 Å². The summed E-state index contributed by atoms with van der Waals surface area (Å²) in [5.41, 5.74) is 6.70. The van der Waals surface area contributed by atoms with Crippen molar-refractivity contribution in [1.29, 1.82) is 0 Å². The van der Waals surface area contributed by atoms with Crippen LogP contribution in [0.3, 0.4) is 0 Å². The van der Waals surface area contributed by atoms with Crippen molar-refractivity contribution in [3.63, 3.8) is 0 Å². The number of benzene rings is 1. The van der Waals surface area contributed by atoms with Gasteiger partial charge in [-0.15, -0.1) is 0 Å². The minimum Gasteiger partial charge on any atom is -0.324 e. The molecule has 3 rings (SSSR count). The van der Waals surface area contributed by atoms with Crippen molar-refractivity contribution in [2.45, 2.75) is 27.2 Å². The number of hydrogen-bond donors (Lipinski definition) is 1. The predicted octanol–water partition coefficient (Wildman–Crippen LogP) is 3.73. The number of para-hydroxylation sites is 1. The fourth-order valence-corrected chi connectivity index (χ4v) is 3.29. The minimum atomic E-state index is 0.0447. The number of nitrogens with zero attached hydrogens (tertiary/aromatic N) is 2. The van der Waals surface area contributed by atoms with E-state index in [1.807, 2.05) is 44.3 Å². The van der Waals surface area contributed by atoms with E-state index < -0.39 is 0 Å². The molecule has 4 heteroatoms. The first-order chi connectivity index (χ1) is 12.0. The van der Waals surface area contributed by atoms with Crippen LogP contribution in [0.2, 0.25) is 0 Å². The van der Waals surface area contributed by atoms with Crippen molar-refractivity contribution in [3.8, 4) is 0 Å². The van der Waals surface area contributed by atoms with Crippen LogP contribution in [0.4, 0.5) is 5.69 Å². The zero-order valence-corrected chi connectivity index (χ0v) is 15.2. The monoisotopic (exact) mass is 335 g/mol. The molecule has 0 spiro atoms. The number of hydrogen-bond acceptors (Lipinski definition) is 3. The van der Waals surface area contributed by atoms with Crippen LogP contribution in [0.5, 0.6) is 0 Å². The highest BCUT2D eigenvalue weighted by Gasteiger charge is 2.17. The lowest BCUT2D eigenvalue weighted by Crippen LogP contribution is -2.36. The van der Waals surface area contributed by atoms with Crippen molar-refractivity contribution < 1.29 is 4.79 Å². The van der Waals surface area contributed by atoms with Crippen LogP contribution in [-0.4, -0.2) is 35.4 Å². The molecule has 0 saturated heterocycles. The van der Waals surface area contributed by atoms with Crippen LogP contribution in [-0.2, 0) is 4.79 Å². The molecule has 1 aromatic heterocycles. The maximum atomic E-state index is 12.4. The number of carbonyl (C=O) groups is 1. The number of nitrogens with one attached hydrogen (secondary N) is 1. The summed E-state index contributed by atoms with van der Waals surface area (Å²) in [6.45, 7) is 8.21. The van der Waals surface area contributed by atoms with Gasteiger partial charge in [0, 0.05) is 25.0 Å². The van der Waals surface area contributed by atoms with Gasteiger partial charge in [-0.25, -0.2) is 0 Å². The third kappa shape index (κ3) is 4.15. The average Bonchev–Trinajstić information content (AvgIpc) is 2.60. The third-order valence-corrected chi connectivity index (χ3v) is 4.72. The van der Waals surface area contributed by atoms with Gasteiger partial charge in [0.25, 0.3) is 0 Å². The molecule has 1 N–H and O–H groups in total. The summed E-state index contributed by atoms with van der Waals surface area (Å²) in [6.07, 6.45) is 4.97. The van der Waals surface area contributed by atoms with E-state index in [0.29, 0.717) is 6.54 Å². The normalized spacial score (nSPS) is 14.9. The van der Waals surface area contributed by atoms with E-state index in [1.54, 1.807) is 0 Å². The number of aryl methyl sites for hydroxylation is 3. The zero-order chi connectivity index (χ0) is 17.8. The van der Waals surface area contributed by atoms with E-state index in [4.69, 9.17) is 0 Å². The molecule has 0 fully saturated rings. The first kappa shape index (κ1) is 17.4. The smallest absolute Gasteiger partial charge is 0.238 e. The Morgan fingerprint density at radius 3 is 2.48 bits per heavy atom. The maximum absolute atomic E-state index is 12.4. The van der Waals surface area contributed by atoms with Gasteiger partial charge in [0.05, 0.1) is 12.2 Å². The van der Waals surface area contributed by atoms with Gasteiger partial charge in [-0.2, -0.15) is 0 Å². The van der Waals surface area contributed by atoms with Gasteiger partial charge in [0.1, 0.15) is 0 Å². The van der Waals surface area contributed by atoms with Crippen LogP contribution in [0.1, 0.15) is 28.8 Å². The van der Waals surface area contributed by atoms with Crippen molar-refractivity contribution in [2.24, 2.45) is 0 Å². The molecule has 0 bridgehead atoms. The molecule has 2 aromatic rings. The Balaban J connectivity index is 1.60. The number of carbonyl (C=O) groups excluding carboxylic acids is 1. The number of amides is 1. The van der Waals surface area contributed by atoms with Crippen LogP contribution < -0.4 is 5.32 Å². The molecular weight excluding hydrogens is 310 g/mol. The molecule has 25 heavy (non-hydrogen) atoms. The van der Waals surface area contributed by atoms with Crippen molar-refractivity contribution in [2.75, 3.05) is 25.0 Å². The lowest BCUT2D eigenvalue weighted by Gasteiger charge is -2.26. The second-order valence-electron chi connectivity index (χ2n) is 6.70. The second kappa shape index (κ2) is 7.62. The van der Waals surface area contributed by atoms with E-state index in [1.165, 1.54) is 11.1 Å². The number of aromatic nitrogens is 1. The molecule has 1 amide bonds. The SMILES string of the molecule is Cc1cccnc1C1=CCN(CC(=O)Nc2c(C)cccc2C)CC1. The molecule has 4 nitrogen and oxygen atoms in total. The Hall–Kier alpha value is -2.46. The van der Waals surface area contributed by atoms with Crippen LogP contribution >= 0.6 is 0 Å². The molecule has 0 unspecified atom stereocenters. The van der Waals surface area contributed by atoms with Gasteiger partial charge in [-0.1, -0.05) is 30.3 Å². The Labute approximate surface area is 149 Å². The summed E-state index contributed by atoms with van der Waals surface area (Å²) in [5.74, 6) is 0.0447. The molecular formula is C21H25N3O.